The quantitative estimate of drug-likeness (QED) is 0.761. The molecule has 0 aliphatic carbocycles. The maximum absolute atomic E-state index is 12.0. The summed E-state index contributed by atoms with van der Waals surface area (Å²) in [7, 11) is 0. The molecule has 2 unspecified atom stereocenters. The van der Waals surface area contributed by atoms with Crippen LogP contribution in [-0.2, 0) is 4.74 Å². The number of rotatable bonds is 6. The summed E-state index contributed by atoms with van der Waals surface area (Å²) in [6.07, 6.45) is 4.99. The minimum absolute atomic E-state index is 0.181. The second-order valence-electron chi connectivity index (χ2n) is 6.76. The summed E-state index contributed by atoms with van der Waals surface area (Å²) in [5.74, 6) is 0.536. The molecule has 0 aromatic heterocycles. The van der Waals surface area contributed by atoms with Crippen molar-refractivity contribution in [2.45, 2.75) is 58.6 Å². The van der Waals surface area contributed by atoms with Gasteiger partial charge in [0.2, 0.25) is 0 Å². The Labute approximate surface area is 123 Å². The minimum atomic E-state index is -0.410. The SMILES string of the molecule is C=CCCC(C)NCC1CCN(C(=O)OC(C)(C)C)C1. The highest BCUT2D eigenvalue weighted by atomic mass is 16.6. The van der Waals surface area contributed by atoms with E-state index in [2.05, 4.69) is 18.8 Å². The highest BCUT2D eigenvalue weighted by molar-refractivity contribution is 5.68. The Hall–Kier alpha value is -1.03. The van der Waals surface area contributed by atoms with Crippen molar-refractivity contribution in [1.29, 1.82) is 0 Å². The van der Waals surface area contributed by atoms with E-state index in [-0.39, 0.29) is 6.09 Å². The number of carbonyl (C=O) groups excluding carboxylic acids is 1. The highest BCUT2D eigenvalue weighted by Gasteiger charge is 2.29. The molecule has 2 atom stereocenters. The molecule has 0 spiro atoms. The van der Waals surface area contributed by atoms with E-state index in [0.717, 1.165) is 38.9 Å². The number of nitrogens with zero attached hydrogens (tertiary/aromatic N) is 1. The molecule has 0 aromatic carbocycles. The van der Waals surface area contributed by atoms with Crippen molar-refractivity contribution < 1.29 is 9.53 Å². The molecule has 4 nitrogen and oxygen atoms in total. The van der Waals surface area contributed by atoms with E-state index in [1.54, 1.807) is 0 Å². The third-order valence-electron chi connectivity index (χ3n) is 3.50. The number of amides is 1. The number of carbonyl (C=O) groups is 1. The third kappa shape index (κ3) is 6.42. The first-order valence-corrected chi connectivity index (χ1v) is 7.64. The van der Waals surface area contributed by atoms with E-state index in [1.807, 2.05) is 31.7 Å². The maximum atomic E-state index is 12.0. The van der Waals surface area contributed by atoms with Crippen LogP contribution >= 0.6 is 0 Å². The van der Waals surface area contributed by atoms with Crippen molar-refractivity contribution in [2.24, 2.45) is 5.92 Å². The summed E-state index contributed by atoms with van der Waals surface area (Å²) < 4.78 is 5.40. The van der Waals surface area contributed by atoms with Gasteiger partial charge in [-0.3, -0.25) is 0 Å². The summed E-state index contributed by atoms with van der Waals surface area (Å²) in [5, 5.41) is 3.54. The first-order valence-electron chi connectivity index (χ1n) is 7.64. The molecule has 1 aliphatic rings. The highest BCUT2D eigenvalue weighted by Crippen LogP contribution is 2.19. The lowest BCUT2D eigenvalue weighted by Gasteiger charge is -2.24. The summed E-state index contributed by atoms with van der Waals surface area (Å²) >= 11 is 0. The van der Waals surface area contributed by atoms with Gasteiger partial charge in [0.15, 0.2) is 0 Å². The van der Waals surface area contributed by atoms with Gasteiger partial charge in [-0.2, -0.15) is 0 Å². The zero-order valence-electron chi connectivity index (χ0n) is 13.4. The molecule has 1 N–H and O–H groups in total. The Kier molecular flexibility index (Phi) is 6.53. The van der Waals surface area contributed by atoms with Crippen molar-refractivity contribution >= 4 is 6.09 Å². The number of likely N-dealkylation sites (tertiary alicyclic amines) is 1. The maximum Gasteiger partial charge on any atom is 0.410 e. The van der Waals surface area contributed by atoms with E-state index in [0.29, 0.717) is 12.0 Å². The summed E-state index contributed by atoms with van der Waals surface area (Å²) in [5.41, 5.74) is -0.410. The van der Waals surface area contributed by atoms with Gasteiger partial charge in [0.1, 0.15) is 5.60 Å². The topological polar surface area (TPSA) is 41.6 Å². The first kappa shape index (κ1) is 17.0. The molecule has 1 amide bonds. The van der Waals surface area contributed by atoms with Crippen molar-refractivity contribution in [2.75, 3.05) is 19.6 Å². The predicted molar refractivity (Wildman–Crippen MR) is 82.8 cm³/mol. The van der Waals surface area contributed by atoms with Crippen molar-refractivity contribution in [3.8, 4) is 0 Å². The standard InChI is InChI=1S/C16H30N2O2/c1-6-7-8-13(2)17-11-14-9-10-18(12-14)15(19)20-16(3,4)5/h6,13-14,17H,1,7-12H2,2-5H3. The number of hydrogen-bond donors (Lipinski definition) is 1. The van der Waals surface area contributed by atoms with E-state index < -0.39 is 5.60 Å². The minimum Gasteiger partial charge on any atom is -0.444 e. The molecule has 0 bridgehead atoms. The zero-order valence-corrected chi connectivity index (χ0v) is 13.4. The van der Waals surface area contributed by atoms with Crippen LogP contribution < -0.4 is 5.32 Å². The Morgan fingerprint density at radius 1 is 1.55 bits per heavy atom. The van der Waals surface area contributed by atoms with Crippen molar-refractivity contribution in [3.05, 3.63) is 12.7 Å². The molecule has 20 heavy (non-hydrogen) atoms. The second kappa shape index (κ2) is 7.67. The van der Waals surface area contributed by atoms with Gasteiger partial charge < -0.3 is 15.0 Å². The summed E-state index contributed by atoms with van der Waals surface area (Å²) in [6, 6.07) is 0.503. The molecule has 1 saturated heterocycles. The zero-order chi connectivity index (χ0) is 15.2. The average Bonchev–Trinajstić information content (AvgIpc) is 2.80. The van der Waals surface area contributed by atoms with E-state index >= 15 is 0 Å². The number of hydrogen-bond acceptors (Lipinski definition) is 3. The fourth-order valence-electron chi connectivity index (χ4n) is 2.33. The Bertz CT molecular complexity index is 323. The van der Waals surface area contributed by atoms with Gasteiger partial charge in [-0.25, -0.2) is 4.79 Å². The molecular formula is C16H30N2O2. The van der Waals surface area contributed by atoms with Crippen molar-refractivity contribution in [1.82, 2.24) is 10.2 Å². The molecule has 1 heterocycles. The molecule has 0 aromatic rings. The van der Waals surface area contributed by atoms with Crippen LogP contribution in [0.3, 0.4) is 0 Å². The molecular weight excluding hydrogens is 252 g/mol. The monoisotopic (exact) mass is 282 g/mol. The predicted octanol–water partition coefficient (Wildman–Crippen LogP) is 3.19. The fraction of sp³-hybridized carbons (Fsp3) is 0.812. The van der Waals surface area contributed by atoms with Crippen LogP contribution in [0.2, 0.25) is 0 Å². The van der Waals surface area contributed by atoms with Crippen LogP contribution in [0.15, 0.2) is 12.7 Å². The van der Waals surface area contributed by atoms with E-state index in [4.69, 9.17) is 4.74 Å². The van der Waals surface area contributed by atoms with Crippen LogP contribution in [0, 0.1) is 5.92 Å². The number of ether oxygens (including phenoxy) is 1. The van der Waals surface area contributed by atoms with Crippen LogP contribution in [0.25, 0.3) is 0 Å². The summed E-state index contributed by atoms with van der Waals surface area (Å²) in [6.45, 7) is 14.2. The summed E-state index contributed by atoms with van der Waals surface area (Å²) in [4.78, 5) is 13.8. The van der Waals surface area contributed by atoms with E-state index in [1.165, 1.54) is 0 Å². The third-order valence-corrected chi connectivity index (χ3v) is 3.50. The molecule has 1 fully saturated rings. The van der Waals surface area contributed by atoms with Gasteiger partial charge in [0, 0.05) is 19.1 Å². The molecule has 0 radical (unpaired) electrons. The second-order valence-corrected chi connectivity index (χ2v) is 6.76. The van der Waals surface area contributed by atoms with Crippen LogP contribution in [-0.4, -0.2) is 42.3 Å². The number of allylic oxidation sites excluding steroid dienone is 1. The lowest BCUT2D eigenvalue weighted by molar-refractivity contribution is 0.0288. The van der Waals surface area contributed by atoms with Gasteiger partial charge in [-0.1, -0.05) is 6.08 Å². The largest absolute Gasteiger partial charge is 0.444 e. The van der Waals surface area contributed by atoms with Gasteiger partial charge in [0.05, 0.1) is 0 Å². The normalized spacial score (nSPS) is 20.8. The van der Waals surface area contributed by atoms with Crippen LogP contribution in [0.1, 0.15) is 47.0 Å². The van der Waals surface area contributed by atoms with Gasteiger partial charge in [0.25, 0.3) is 0 Å². The van der Waals surface area contributed by atoms with Crippen molar-refractivity contribution in [3.63, 3.8) is 0 Å². The van der Waals surface area contributed by atoms with Gasteiger partial charge >= 0.3 is 6.09 Å². The van der Waals surface area contributed by atoms with Crippen LogP contribution in [0.4, 0.5) is 4.79 Å². The molecule has 116 valence electrons. The lowest BCUT2D eigenvalue weighted by atomic mass is 10.1. The molecule has 1 rings (SSSR count). The van der Waals surface area contributed by atoms with Crippen LogP contribution in [0.5, 0.6) is 0 Å². The smallest absolute Gasteiger partial charge is 0.410 e. The Morgan fingerprint density at radius 2 is 2.25 bits per heavy atom. The number of nitrogens with one attached hydrogen (secondary N) is 1. The first-order chi connectivity index (χ1) is 9.31. The Balaban J connectivity index is 2.26. The van der Waals surface area contributed by atoms with E-state index in [9.17, 15) is 4.79 Å². The molecule has 1 aliphatic heterocycles. The Morgan fingerprint density at radius 3 is 2.85 bits per heavy atom. The van der Waals surface area contributed by atoms with Gasteiger partial charge in [-0.05, 0) is 59.4 Å². The molecule has 4 heteroatoms. The molecule has 0 saturated carbocycles. The fourth-order valence-corrected chi connectivity index (χ4v) is 2.33. The van der Waals surface area contributed by atoms with Gasteiger partial charge in [-0.15, -0.1) is 6.58 Å². The lowest BCUT2D eigenvalue weighted by Crippen LogP contribution is -2.37. The average molecular weight is 282 g/mol.